The molecule has 1 atom stereocenters. The Hall–Kier alpha value is -1.52. The molecule has 0 bridgehead atoms. The Morgan fingerprint density at radius 2 is 1.74 bits per heavy atom. The number of hydrogen-bond acceptors (Lipinski definition) is 2. The van der Waals surface area contributed by atoms with Gasteiger partial charge in [-0.1, -0.05) is 37.6 Å². The second-order valence-corrected chi connectivity index (χ2v) is 7.07. The van der Waals surface area contributed by atoms with E-state index in [4.69, 9.17) is 11.6 Å². The Morgan fingerprint density at radius 1 is 1.13 bits per heavy atom. The van der Waals surface area contributed by atoms with Gasteiger partial charge in [0.2, 0.25) is 5.91 Å². The van der Waals surface area contributed by atoms with Crippen molar-refractivity contribution in [1.82, 2.24) is 5.32 Å². The van der Waals surface area contributed by atoms with E-state index in [1.54, 1.807) is 12.1 Å². The van der Waals surface area contributed by atoms with Gasteiger partial charge in [0.1, 0.15) is 5.82 Å². The summed E-state index contributed by atoms with van der Waals surface area (Å²) in [5.41, 5.74) is 1.03. The minimum Gasteiger partial charge on any atom is -0.348 e. The topological polar surface area (TPSA) is 29.1 Å². The summed E-state index contributed by atoms with van der Waals surface area (Å²) in [6.07, 6.45) is 0. The van der Waals surface area contributed by atoms with E-state index in [9.17, 15) is 9.18 Å². The van der Waals surface area contributed by atoms with Crippen LogP contribution >= 0.6 is 23.4 Å². The number of amides is 1. The molecule has 0 aliphatic carbocycles. The molecule has 0 aromatic heterocycles. The molecule has 2 aromatic rings. The Balaban J connectivity index is 1.95. The number of nitrogens with one attached hydrogen (secondary N) is 1. The molecule has 5 heteroatoms. The maximum atomic E-state index is 12.9. The molecule has 0 saturated carbocycles. The van der Waals surface area contributed by atoms with Crippen molar-refractivity contribution >= 4 is 29.3 Å². The van der Waals surface area contributed by atoms with E-state index in [1.807, 2.05) is 24.3 Å². The zero-order chi connectivity index (χ0) is 16.8. The highest BCUT2D eigenvalue weighted by Crippen LogP contribution is 2.24. The molecule has 0 aliphatic heterocycles. The summed E-state index contributed by atoms with van der Waals surface area (Å²) < 4.78 is 12.9. The van der Waals surface area contributed by atoms with Crippen LogP contribution in [-0.2, 0) is 4.79 Å². The lowest BCUT2D eigenvalue weighted by atomic mass is 9.96. The smallest absolute Gasteiger partial charge is 0.230 e. The fourth-order valence-corrected chi connectivity index (χ4v) is 3.04. The monoisotopic (exact) mass is 351 g/mol. The number of benzene rings is 2. The van der Waals surface area contributed by atoms with Gasteiger partial charge in [-0.15, -0.1) is 11.8 Å². The van der Waals surface area contributed by atoms with Gasteiger partial charge < -0.3 is 5.32 Å². The first-order valence-electron chi connectivity index (χ1n) is 7.39. The van der Waals surface area contributed by atoms with Crippen molar-refractivity contribution in [2.24, 2.45) is 5.92 Å². The summed E-state index contributed by atoms with van der Waals surface area (Å²) in [4.78, 5) is 13.1. The summed E-state index contributed by atoms with van der Waals surface area (Å²) >= 11 is 7.30. The molecule has 0 aliphatic rings. The first-order valence-corrected chi connectivity index (χ1v) is 8.75. The van der Waals surface area contributed by atoms with Crippen LogP contribution in [0.4, 0.5) is 4.39 Å². The number of halogens is 2. The lowest BCUT2D eigenvalue weighted by Gasteiger charge is -2.23. The molecule has 122 valence electrons. The Kier molecular flexibility index (Phi) is 6.48. The number of carbonyl (C=O) groups excluding carboxylic acids is 1. The molecule has 2 rings (SSSR count). The van der Waals surface area contributed by atoms with E-state index in [-0.39, 0.29) is 23.7 Å². The van der Waals surface area contributed by atoms with Crippen molar-refractivity contribution in [2.45, 2.75) is 24.8 Å². The second-order valence-electron chi connectivity index (χ2n) is 5.58. The standard InChI is InChI=1S/C18H19ClFNOS/c1-12(2)18(13-3-5-14(19)6-4-13)21-17(22)11-23-16-9-7-15(20)8-10-16/h3-10,12,18H,11H2,1-2H3,(H,21,22). The molecule has 0 radical (unpaired) electrons. The van der Waals surface area contributed by atoms with Crippen LogP contribution in [0.5, 0.6) is 0 Å². The van der Waals surface area contributed by atoms with Gasteiger partial charge in [0, 0.05) is 9.92 Å². The molecular weight excluding hydrogens is 333 g/mol. The normalized spacial score (nSPS) is 12.2. The summed E-state index contributed by atoms with van der Waals surface area (Å²) in [5, 5.41) is 3.73. The van der Waals surface area contributed by atoms with Crippen LogP contribution in [0.25, 0.3) is 0 Å². The zero-order valence-corrected chi connectivity index (χ0v) is 14.6. The van der Waals surface area contributed by atoms with Crippen molar-refractivity contribution < 1.29 is 9.18 Å². The van der Waals surface area contributed by atoms with Crippen LogP contribution in [-0.4, -0.2) is 11.7 Å². The summed E-state index contributed by atoms with van der Waals surface area (Å²) in [6, 6.07) is 13.6. The number of hydrogen-bond donors (Lipinski definition) is 1. The van der Waals surface area contributed by atoms with Crippen LogP contribution in [0, 0.1) is 11.7 Å². The molecule has 2 nitrogen and oxygen atoms in total. The maximum Gasteiger partial charge on any atom is 0.230 e. The van der Waals surface area contributed by atoms with Crippen LogP contribution in [0.15, 0.2) is 53.4 Å². The lowest BCUT2D eigenvalue weighted by molar-refractivity contribution is -0.119. The Morgan fingerprint density at radius 3 is 2.30 bits per heavy atom. The first kappa shape index (κ1) is 17.8. The highest BCUT2D eigenvalue weighted by molar-refractivity contribution is 8.00. The minimum atomic E-state index is -0.276. The molecule has 2 aromatic carbocycles. The van der Waals surface area contributed by atoms with Crippen molar-refractivity contribution in [1.29, 1.82) is 0 Å². The maximum absolute atomic E-state index is 12.9. The molecule has 0 saturated heterocycles. The summed E-state index contributed by atoms with van der Waals surface area (Å²) in [5.74, 6) is 0.230. The van der Waals surface area contributed by atoms with E-state index < -0.39 is 0 Å². The van der Waals surface area contributed by atoms with E-state index in [0.717, 1.165) is 10.5 Å². The van der Waals surface area contributed by atoms with E-state index >= 15 is 0 Å². The van der Waals surface area contributed by atoms with Gasteiger partial charge in [0.25, 0.3) is 0 Å². The van der Waals surface area contributed by atoms with Crippen LogP contribution < -0.4 is 5.32 Å². The van der Waals surface area contributed by atoms with Gasteiger partial charge >= 0.3 is 0 Å². The van der Waals surface area contributed by atoms with Gasteiger partial charge in [-0.2, -0.15) is 0 Å². The third kappa shape index (κ3) is 5.56. The molecule has 23 heavy (non-hydrogen) atoms. The highest BCUT2D eigenvalue weighted by Gasteiger charge is 2.18. The predicted molar refractivity (Wildman–Crippen MR) is 94.3 cm³/mol. The molecule has 1 unspecified atom stereocenters. The van der Waals surface area contributed by atoms with Gasteiger partial charge in [0.15, 0.2) is 0 Å². The van der Waals surface area contributed by atoms with E-state index in [0.29, 0.717) is 10.8 Å². The molecular formula is C18H19ClFNOS. The van der Waals surface area contributed by atoms with Crippen LogP contribution in [0.2, 0.25) is 5.02 Å². The van der Waals surface area contributed by atoms with Crippen molar-refractivity contribution in [2.75, 3.05) is 5.75 Å². The third-order valence-corrected chi connectivity index (χ3v) is 4.66. The molecule has 0 fully saturated rings. The fraction of sp³-hybridized carbons (Fsp3) is 0.278. The zero-order valence-electron chi connectivity index (χ0n) is 13.1. The third-order valence-electron chi connectivity index (χ3n) is 3.40. The van der Waals surface area contributed by atoms with Gasteiger partial charge in [-0.05, 0) is 47.9 Å². The minimum absolute atomic E-state index is 0.0482. The van der Waals surface area contributed by atoms with Crippen LogP contribution in [0.3, 0.4) is 0 Å². The van der Waals surface area contributed by atoms with Crippen molar-refractivity contribution in [3.05, 3.63) is 64.9 Å². The lowest BCUT2D eigenvalue weighted by Crippen LogP contribution is -2.32. The average Bonchev–Trinajstić information content (AvgIpc) is 2.53. The highest BCUT2D eigenvalue weighted by atomic mass is 35.5. The van der Waals surface area contributed by atoms with Gasteiger partial charge in [0.05, 0.1) is 11.8 Å². The first-order chi connectivity index (χ1) is 11.0. The van der Waals surface area contributed by atoms with Crippen LogP contribution in [0.1, 0.15) is 25.5 Å². The Bertz CT molecular complexity index is 643. The van der Waals surface area contributed by atoms with Crippen molar-refractivity contribution in [3.63, 3.8) is 0 Å². The van der Waals surface area contributed by atoms with Crippen molar-refractivity contribution in [3.8, 4) is 0 Å². The molecule has 0 spiro atoms. The summed E-state index contributed by atoms with van der Waals surface area (Å²) in [7, 11) is 0. The Labute approximate surface area is 145 Å². The summed E-state index contributed by atoms with van der Waals surface area (Å²) in [6.45, 7) is 4.12. The van der Waals surface area contributed by atoms with E-state index in [2.05, 4.69) is 19.2 Å². The fourth-order valence-electron chi connectivity index (χ4n) is 2.20. The van der Waals surface area contributed by atoms with E-state index in [1.165, 1.54) is 23.9 Å². The molecule has 1 N–H and O–H groups in total. The SMILES string of the molecule is CC(C)C(NC(=O)CSc1ccc(F)cc1)c1ccc(Cl)cc1. The average molecular weight is 352 g/mol. The number of thioether (sulfide) groups is 1. The predicted octanol–water partition coefficient (Wildman–Crippen LogP) is 5.08. The largest absolute Gasteiger partial charge is 0.348 e. The number of carbonyl (C=O) groups is 1. The molecule has 0 heterocycles. The van der Waals surface area contributed by atoms with Gasteiger partial charge in [-0.3, -0.25) is 4.79 Å². The quantitative estimate of drug-likeness (QED) is 0.735. The van der Waals surface area contributed by atoms with Gasteiger partial charge in [-0.25, -0.2) is 4.39 Å². The second kappa shape index (κ2) is 8.37. The molecule has 1 amide bonds. The number of rotatable bonds is 6.